The molecule has 0 aromatic heterocycles. The Morgan fingerprint density at radius 1 is 1.42 bits per heavy atom. The van der Waals surface area contributed by atoms with Crippen LogP contribution in [-0.2, 0) is 4.79 Å². The Labute approximate surface area is 79.3 Å². The average molecular weight is 186 g/mol. The Morgan fingerprint density at radius 2 is 2.00 bits per heavy atom. The van der Waals surface area contributed by atoms with Gasteiger partial charge in [0.15, 0.2) is 0 Å². The van der Waals surface area contributed by atoms with Crippen molar-refractivity contribution in [3.63, 3.8) is 0 Å². The van der Waals surface area contributed by atoms with Crippen LogP contribution in [0.4, 0.5) is 0 Å². The van der Waals surface area contributed by atoms with Gasteiger partial charge in [-0.05, 0) is 18.8 Å². The highest BCUT2D eigenvalue weighted by Gasteiger charge is 2.29. The third kappa shape index (κ3) is 3.18. The molecular formula is C10H18OS. The molecule has 1 rings (SSSR count). The van der Waals surface area contributed by atoms with E-state index < -0.39 is 0 Å². The molecule has 1 aliphatic carbocycles. The molecule has 0 heterocycles. The molecule has 1 unspecified atom stereocenters. The van der Waals surface area contributed by atoms with Crippen molar-refractivity contribution in [1.82, 2.24) is 0 Å². The predicted octanol–water partition coefficient (Wildman–Crippen LogP) is 2.74. The minimum atomic E-state index is 0.442. The van der Waals surface area contributed by atoms with E-state index in [1.807, 2.05) is 11.8 Å². The van der Waals surface area contributed by atoms with Crippen LogP contribution < -0.4 is 0 Å². The molecule has 0 amide bonds. The Bertz CT molecular complexity index is 161. The van der Waals surface area contributed by atoms with Gasteiger partial charge >= 0.3 is 0 Å². The number of thioether (sulfide) groups is 1. The van der Waals surface area contributed by atoms with Gasteiger partial charge in [-0.15, -0.1) is 0 Å². The number of Topliss-reactive ketones (excluding diaryl/α,β-unsaturated/α-hetero) is 1. The Balaban J connectivity index is 2.11. The largest absolute Gasteiger partial charge is 0.298 e. The Kier molecular flexibility index (Phi) is 3.63. The van der Waals surface area contributed by atoms with Gasteiger partial charge in [0, 0.05) is 11.2 Å². The van der Waals surface area contributed by atoms with Crippen LogP contribution in [0.15, 0.2) is 0 Å². The van der Waals surface area contributed by atoms with Crippen molar-refractivity contribution in [3.05, 3.63) is 0 Å². The lowest BCUT2D eigenvalue weighted by Gasteiger charge is -2.13. The number of hydrogen-bond donors (Lipinski definition) is 0. The molecule has 0 spiro atoms. The highest BCUT2D eigenvalue weighted by atomic mass is 32.2. The molecule has 0 aromatic carbocycles. The Morgan fingerprint density at radius 3 is 2.42 bits per heavy atom. The minimum absolute atomic E-state index is 0.442. The number of carbonyl (C=O) groups excluding carboxylic acids is 1. The zero-order valence-corrected chi connectivity index (χ0v) is 8.99. The number of rotatable bonds is 5. The fourth-order valence-corrected chi connectivity index (χ4v) is 1.98. The summed E-state index contributed by atoms with van der Waals surface area (Å²) >= 11 is 1.81. The van der Waals surface area contributed by atoms with Gasteiger partial charge in [0.1, 0.15) is 5.78 Å². The molecule has 2 heteroatoms. The summed E-state index contributed by atoms with van der Waals surface area (Å²) in [5.74, 6) is 2.34. The summed E-state index contributed by atoms with van der Waals surface area (Å²) in [5, 5.41) is 0.618. The van der Waals surface area contributed by atoms with E-state index >= 15 is 0 Å². The van der Waals surface area contributed by atoms with Crippen molar-refractivity contribution in [2.24, 2.45) is 11.8 Å². The second kappa shape index (κ2) is 4.31. The third-order valence-corrected chi connectivity index (χ3v) is 3.98. The number of hydrogen-bond acceptors (Lipinski definition) is 2. The lowest BCUT2D eigenvalue weighted by molar-refractivity contribution is -0.117. The van der Waals surface area contributed by atoms with Crippen molar-refractivity contribution in [3.8, 4) is 0 Å². The summed E-state index contributed by atoms with van der Waals surface area (Å²) in [6.45, 7) is 6.62. The first-order chi connectivity index (χ1) is 5.61. The zero-order valence-electron chi connectivity index (χ0n) is 8.17. The highest BCUT2D eigenvalue weighted by Crippen LogP contribution is 2.32. The summed E-state index contributed by atoms with van der Waals surface area (Å²) in [7, 11) is 0. The molecule has 12 heavy (non-hydrogen) atoms. The quantitative estimate of drug-likeness (QED) is 0.656. The van der Waals surface area contributed by atoms with E-state index in [9.17, 15) is 4.79 Å². The molecule has 0 radical (unpaired) electrons. The highest BCUT2D eigenvalue weighted by molar-refractivity contribution is 8.00. The standard InChI is InChI=1S/C10H18OS/c1-7(2)8(3)12-6-10(11)9-4-5-9/h7-9H,4-6H2,1-3H3. The summed E-state index contributed by atoms with van der Waals surface area (Å²) in [4.78, 5) is 11.3. The maximum atomic E-state index is 11.3. The van der Waals surface area contributed by atoms with Crippen molar-refractivity contribution in [1.29, 1.82) is 0 Å². The van der Waals surface area contributed by atoms with Crippen molar-refractivity contribution >= 4 is 17.5 Å². The van der Waals surface area contributed by atoms with Gasteiger partial charge in [-0.25, -0.2) is 0 Å². The fraction of sp³-hybridized carbons (Fsp3) is 0.900. The molecule has 1 fully saturated rings. The maximum absolute atomic E-state index is 11.3. The summed E-state index contributed by atoms with van der Waals surface area (Å²) in [6, 6.07) is 0. The minimum Gasteiger partial charge on any atom is -0.298 e. The van der Waals surface area contributed by atoms with Crippen molar-refractivity contribution in [2.45, 2.75) is 38.9 Å². The lowest BCUT2D eigenvalue weighted by atomic mass is 10.2. The molecule has 1 aliphatic rings. The van der Waals surface area contributed by atoms with Crippen molar-refractivity contribution < 1.29 is 4.79 Å². The van der Waals surface area contributed by atoms with E-state index in [2.05, 4.69) is 20.8 Å². The van der Waals surface area contributed by atoms with Gasteiger partial charge in [-0.2, -0.15) is 11.8 Å². The number of ketones is 1. The molecule has 0 saturated heterocycles. The second-order valence-corrected chi connectivity index (χ2v) is 5.37. The van der Waals surface area contributed by atoms with Crippen LogP contribution in [0.2, 0.25) is 0 Å². The zero-order chi connectivity index (χ0) is 9.14. The first-order valence-electron chi connectivity index (χ1n) is 4.75. The molecular weight excluding hydrogens is 168 g/mol. The molecule has 0 aromatic rings. The van der Waals surface area contributed by atoms with Gasteiger partial charge in [0.25, 0.3) is 0 Å². The third-order valence-electron chi connectivity index (χ3n) is 2.46. The van der Waals surface area contributed by atoms with E-state index in [4.69, 9.17) is 0 Å². The normalized spacial score (nSPS) is 19.7. The van der Waals surface area contributed by atoms with Gasteiger partial charge in [-0.3, -0.25) is 4.79 Å². The monoisotopic (exact) mass is 186 g/mol. The first-order valence-corrected chi connectivity index (χ1v) is 5.80. The van der Waals surface area contributed by atoms with Gasteiger partial charge in [0.2, 0.25) is 0 Å². The van der Waals surface area contributed by atoms with Crippen LogP contribution in [0.5, 0.6) is 0 Å². The average Bonchev–Trinajstić information content (AvgIpc) is 2.81. The Hall–Kier alpha value is 0.0200. The topological polar surface area (TPSA) is 17.1 Å². The number of carbonyl (C=O) groups is 1. The van der Waals surface area contributed by atoms with Gasteiger partial charge in [-0.1, -0.05) is 20.8 Å². The molecule has 1 saturated carbocycles. The van der Waals surface area contributed by atoms with Crippen LogP contribution in [-0.4, -0.2) is 16.8 Å². The van der Waals surface area contributed by atoms with Crippen LogP contribution in [0.1, 0.15) is 33.6 Å². The molecule has 0 aliphatic heterocycles. The molecule has 1 atom stereocenters. The predicted molar refractivity (Wildman–Crippen MR) is 54.5 cm³/mol. The van der Waals surface area contributed by atoms with Crippen LogP contribution in [0, 0.1) is 11.8 Å². The second-order valence-electron chi connectivity index (χ2n) is 4.00. The summed E-state index contributed by atoms with van der Waals surface area (Å²) in [6.07, 6.45) is 2.30. The van der Waals surface area contributed by atoms with Crippen LogP contribution >= 0.6 is 11.8 Å². The van der Waals surface area contributed by atoms with Crippen LogP contribution in [0.25, 0.3) is 0 Å². The van der Waals surface area contributed by atoms with E-state index in [0.717, 1.165) is 18.6 Å². The SMILES string of the molecule is CC(C)C(C)SCC(=O)C1CC1. The molecule has 0 bridgehead atoms. The molecule has 70 valence electrons. The first kappa shape index (κ1) is 10.1. The van der Waals surface area contributed by atoms with E-state index in [0.29, 0.717) is 22.9 Å². The van der Waals surface area contributed by atoms with E-state index in [1.54, 1.807) is 0 Å². The summed E-state index contributed by atoms with van der Waals surface area (Å²) in [5.41, 5.74) is 0. The summed E-state index contributed by atoms with van der Waals surface area (Å²) < 4.78 is 0. The fourth-order valence-electron chi connectivity index (χ4n) is 0.929. The van der Waals surface area contributed by atoms with E-state index in [1.165, 1.54) is 0 Å². The van der Waals surface area contributed by atoms with Crippen molar-refractivity contribution in [2.75, 3.05) is 5.75 Å². The van der Waals surface area contributed by atoms with Crippen LogP contribution in [0.3, 0.4) is 0 Å². The lowest BCUT2D eigenvalue weighted by Crippen LogP contribution is -2.11. The molecule has 1 nitrogen and oxygen atoms in total. The maximum Gasteiger partial charge on any atom is 0.145 e. The molecule has 0 N–H and O–H groups in total. The van der Waals surface area contributed by atoms with Gasteiger partial charge in [0.05, 0.1) is 5.75 Å². The van der Waals surface area contributed by atoms with Gasteiger partial charge < -0.3 is 0 Å². The van der Waals surface area contributed by atoms with E-state index in [-0.39, 0.29) is 0 Å². The smallest absolute Gasteiger partial charge is 0.145 e.